The summed E-state index contributed by atoms with van der Waals surface area (Å²) in [5.41, 5.74) is 1.95. The third kappa shape index (κ3) is 3.68. The molecule has 3 N–H and O–H groups in total. The van der Waals surface area contributed by atoms with Crippen LogP contribution >= 0.6 is 11.3 Å². The number of nitrogens with zero attached hydrogens (tertiary/aromatic N) is 1. The highest BCUT2D eigenvalue weighted by Gasteiger charge is 2.19. The second-order valence-electron chi connectivity index (χ2n) is 5.15. The van der Waals surface area contributed by atoms with Gasteiger partial charge in [-0.25, -0.2) is 0 Å². The van der Waals surface area contributed by atoms with Crippen molar-refractivity contribution in [3.63, 3.8) is 0 Å². The fraction of sp³-hybridized carbons (Fsp3) is 0.429. The first-order chi connectivity index (χ1) is 9.58. The van der Waals surface area contributed by atoms with Crippen LogP contribution in [-0.4, -0.2) is 27.3 Å². The molecule has 0 aliphatic carbocycles. The average Bonchev–Trinajstić information content (AvgIpc) is 3.03. The summed E-state index contributed by atoms with van der Waals surface area (Å²) in [5.74, 6) is -0.468. The zero-order valence-corrected chi connectivity index (χ0v) is 12.4. The minimum atomic E-state index is -0.806. The third-order valence-corrected chi connectivity index (χ3v) is 3.92. The van der Waals surface area contributed by atoms with Gasteiger partial charge in [-0.15, -0.1) is 11.3 Å². The molecule has 2 aromatic rings. The maximum atomic E-state index is 11.2. The molecule has 1 atom stereocenters. The zero-order valence-electron chi connectivity index (χ0n) is 11.6. The highest BCUT2D eigenvalue weighted by atomic mass is 32.1. The molecule has 0 bridgehead atoms. The summed E-state index contributed by atoms with van der Waals surface area (Å²) >= 11 is 1.63. The lowest BCUT2D eigenvalue weighted by molar-refractivity contribution is -0.140. The van der Waals surface area contributed by atoms with Crippen molar-refractivity contribution >= 4 is 17.3 Å². The first-order valence-corrected chi connectivity index (χ1v) is 7.48. The van der Waals surface area contributed by atoms with Crippen LogP contribution in [0, 0.1) is 5.92 Å². The van der Waals surface area contributed by atoms with E-state index in [1.165, 1.54) is 0 Å². The summed E-state index contributed by atoms with van der Waals surface area (Å²) in [4.78, 5) is 12.3. The number of hydrogen-bond acceptors (Lipinski definition) is 4. The number of aromatic amines is 1. The van der Waals surface area contributed by atoms with Gasteiger partial charge in [0.2, 0.25) is 0 Å². The third-order valence-electron chi connectivity index (χ3n) is 3.03. The van der Waals surface area contributed by atoms with Gasteiger partial charge in [0.05, 0.1) is 16.8 Å². The Morgan fingerprint density at radius 3 is 2.95 bits per heavy atom. The van der Waals surface area contributed by atoms with Crippen molar-refractivity contribution in [2.75, 3.05) is 0 Å². The summed E-state index contributed by atoms with van der Waals surface area (Å²) < 4.78 is 0. The minimum absolute atomic E-state index is 0.338. The molecule has 0 spiro atoms. The van der Waals surface area contributed by atoms with Gasteiger partial charge in [-0.1, -0.05) is 19.9 Å². The van der Waals surface area contributed by atoms with Crippen molar-refractivity contribution in [3.05, 3.63) is 29.3 Å². The summed E-state index contributed by atoms with van der Waals surface area (Å²) in [6.07, 6.45) is 2.36. The molecule has 1 unspecified atom stereocenters. The van der Waals surface area contributed by atoms with Crippen LogP contribution in [0.4, 0.5) is 0 Å². The van der Waals surface area contributed by atoms with Crippen molar-refractivity contribution in [1.82, 2.24) is 15.5 Å². The molecule has 0 aliphatic heterocycles. The molecule has 2 heterocycles. The molecule has 0 aliphatic rings. The Morgan fingerprint density at radius 2 is 2.35 bits per heavy atom. The first kappa shape index (κ1) is 14.7. The first-order valence-electron chi connectivity index (χ1n) is 6.60. The van der Waals surface area contributed by atoms with Crippen LogP contribution in [-0.2, 0) is 11.3 Å². The second kappa shape index (κ2) is 6.67. The Balaban J connectivity index is 2.04. The molecule has 2 aromatic heterocycles. The Bertz CT molecular complexity index is 549. The van der Waals surface area contributed by atoms with Crippen molar-refractivity contribution in [2.24, 2.45) is 5.92 Å². The van der Waals surface area contributed by atoms with Gasteiger partial charge in [-0.3, -0.25) is 9.89 Å². The molecule has 0 aromatic carbocycles. The highest BCUT2D eigenvalue weighted by molar-refractivity contribution is 7.13. The maximum absolute atomic E-state index is 11.2. The van der Waals surface area contributed by atoms with E-state index in [-0.39, 0.29) is 0 Å². The molecule has 20 heavy (non-hydrogen) atoms. The lowest BCUT2D eigenvalue weighted by Gasteiger charge is -2.16. The van der Waals surface area contributed by atoms with E-state index < -0.39 is 12.0 Å². The van der Waals surface area contributed by atoms with Gasteiger partial charge >= 0.3 is 5.97 Å². The van der Waals surface area contributed by atoms with Gasteiger partial charge in [0, 0.05) is 12.1 Å². The fourth-order valence-electron chi connectivity index (χ4n) is 2.06. The van der Waals surface area contributed by atoms with E-state index in [2.05, 4.69) is 15.5 Å². The predicted molar refractivity (Wildman–Crippen MR) is 79.6 cm³/mol. The topological polar surface area (TPSA) is 78.0 Å². The maximum Gasteiger partial charge on any atom is 0.320 e. The molecule has 6 heteroatoms. The van der Waals surface area contributed by atoms with Crippen LogP contribution in [0.25, 0.3) is 10.6 Å². The molecular weight excluding hydrogens is 274 g/mol. The number of hydrogen-bond donors (Lipinski definition) is 3. The summed E-state index contributed by atoms with van der Waals surface area (Å²) in [6, 6.07) is 3.47. The van der Waals surface area contributed by atoms with E-state index in [0.29, 0.717) is 18.9 Å². The van der Waals surface area contributed by atoms with E-state index in [1.807, 2.05) is 31.4 Å². The predicted octanol–water partition coefficient (Wildman–Crippen LogP) is 2.73. The standard InChI is InChI=1S/C14H19N3O2S/c1-9(2)6-11(14(18)19)15-7-10-8-16-17-13(10)12-4-3-5-20-12/h3-5,8-9,11,15H,6-7H2,1-2H3,(H,16,17)(H,18,19). The molecule has 108 valence electrons. The Kier molecular flexibility index (Phi) is 4.92. The van der Waals surface area contributed by atoms with Crippen LogP contribution in [0.15, 0.2) is 23.7 Å². The number of H-pyrrole nitrogens is 1. The minimum Gasteiger partial charge on any atom is -0.480 e. The number of carboxylic acids is 1. The average molecular weight is 293 g/mol. The summed E-state index contributed by atoms with van der Waals surface area (Å²) in [5, 5.41) is 21.4. The smallest absolute Gasteiger partial charge is 0.320 e. The van der Waals surface area contributed by atoms with E-state index >= 15 is 0 Å². The quantitative estimate of drug-likeness (QED) is 0.733. The molecule has 0 amide bonds. The largest absolute Gasteiger partial charge is 0.480 e. The van der Waals surface area contributed by atoms with Crippen molar-refractivity contribution in [1.29, 1.82) is 0 Å². The van der Waals surface area contributed by atoms with Crippen LogP contribution in [0.3, 0.4) is 0 Å². The molecule has 5 nitrogen and oxygen atoms in total. The van der Waals surface area contributed by atoms with Crippen molar-refractivity contribution in [3.8, 4) is 10.6 Å². The van der Waals surface area contributed by atoms with E-state index in [1.54, 1.807) is 17.5 Å². The van der Waals surface area contributed by atoms with E-state index in [4.69, 9.17) is 0 Å². The molecule has 0 saturated carbocycles. The number of aliphatic carboxylic acids is 1. The van der Waals surface area contributed by atoms with Gasteiger partial charge in [-0.2, -0.15) is 5.10 Å². The van der Waals surface area contributed by atoms with E-state index in [0.717, 1.165) is 16.1 Å². The van der Waals surface area contributed by atoms with Gasteiger partial charge in [0.1, 0.15) is 6.04 Å². The number of thiophene rings is 1. The van der Waals surface area contributed by atoms with Crippen LogP contribution in [0.1, 0.15) is 25.8 Å². The van der Waals surface area contributed by atoms with Crippen LogP contribution in [0.2, 0.25) is 0 Å². The number of carboxylic acid groups (broad SMARTS) is 1. The van der Waals surface area contributed by atoms with Crippen LogP contribution < -0.4 is 5.32 Å². The lowest BCUT2D eigenvalue weighted by Crippen LogP contribution is -2.37. The monoisotopic (exact) mass is 293 g/mol. The van der Waals surface area contributed by atoms with E-state index in [9.17, 15) is 9.90 Å². The zero-order chi connectivity index (χ0) is 14.5. The molecule has 0 saturated heterocycles. The molecule has 0 fully saturated rings. The number of rotatable bonds is 7. The molecular formula is C14H19N3O2S. The van der Waals surface area contributed by atoms with Crippen molar-refractivity contribution < 1.29 is 9.90 Å². The Morgan fingerprint density at radius 1 is 1.55 bits per heavy atom. The van der Waals surface area contributed by atoms with Crippen LogP contribution in [0.5, 0.6) is 0 Å². The van der Waals surface area contributed by atoms with Gasteiger partial charge in [-0.05, 0) is 23.8 Å². The SMILES string of the molecule is CC(C)CC(NCc1cn[nH]c1-c1cccs1)C(=O)O. The van der Waals surface area contributed by atoms with Gasteiger partial charge < -0.3 is 10.4 Å². The number of aromatic nitrogens is 2. The lowest BCUT2D eigenvalue weighted by atomic mass is 10.0. The Hall–Kier alpha value is -1.66. The van der Waals surface area contributed by atoms with Gasteiger partial charge in [0.25, 0.3) is 0 Å². The van der Waals surface area contributed by atoms with Crippen molar-refractivity contribution in [2.45, 2.75) is 32.9 Å². The Labute approximate surface area is 122 Å². The normalized spacial score (nSPS) is 12.8. The summed E-state index contributed by atoms with van der Waals surface area (Å²) in [7, 11) is 0. The molecule has 0 radical (unpaired) electrons. The summed E-state index contributed by atoms with van der Waals surface area (Å²) in [6.45, 7) is 4.53. The second-order valence-corrected chi connectivity index (χ2v) is 6.10. The van der Waals surface area contributed by atoms with Gasteiger partial charge in [0.15, 0.2) is 0 Å². The highest BCUT2D eigenvalue weighted by Crippen LogP contribution is 2.25. The number of nitrogens with one attached hydrogen (secondary N) is 2. The number of carbonyl (C=O) groups is 1. The molecule has 2 rings (SSSR count). The fourth-order valence-corrected chi connectivity index (χ4v) is 2.81.